The third-order valence-electron chi connectivity index (χ3n) is 2.39. The molecule has 2 nitrogen and oxygen atoms in total. The Morgan fingerprint density at radius 2 is 1.71 bits per heavy atom. The normalized spacial score (nSPS) is 10.6. The van der Waals surface area contributed by atoms with Crippen LogP contribution in [0, 0.1) is 6.92 Å². The minimum Gasteiger partial charge on any atom is -0.356 e. The summed E-state index contributed by atoms with van der Waals surface area (Å²) in [6.45, 7) is 1.74. The van der Waals surface area contributed by atoms with Crippen LogP contribution in [0.5, 0.6) is 0 Å². The predicted molar refractivity (Wildman–Crippen MR) is 75.0 cm³/mol. The summed E-state index contributed by atoms with van der Waals surface area (Å²) in [7, 11) is 0. The van der Waals surface area contributed by atoms with Gasteiger partial charge in [-0.05, 0) is 24.6 Å². The Kier molecular flexibility index (Phi) is 3.61. The number of aryl methyl sites for hydroxylation is 1. The highest BCUT2D eigenvalue weighted by molar-refractivity contribution is 9.10. The summed E-state index contributed by atoms with van der Waals surface area (Å²) in [4.78, 5) is 14.8. The molecule has 0 spiro atoms. The fourth-order valence-electron chi connectivity index (χ4n) is 1.49. The lowest BCUT2D eigenvalue weighted by atomic mass is 10.1. The van der Waals surface area contributed by atoms with Crippen LogP contribution in [0.2, 0.25) is 10.0 Å². The molecule has 0 unspecified atom stereocenters. The number of aromatic nitrogens is 1. The van der Waals surface area contributed by atoms with Crippen molar-refractivity contribution < 1.29 is 0 Å². The molecule has 1 aromatic heterocycles. The van der Waals surface area contributed by atoms with Gasteiger partial charge in [-0.15, -0.1) is 0 Å². The van der Waals surface area contributed by atoms with Crippen molar-refractivity contribution >= 4 is 39.1 Å². The van der Waals surface area contributed by atoms with Gasteiger partial charge in [-0.25, -0.2) is 0 Å². The first kappa shape index (κ1) is 12.7. The summed E-state index contributed by atoms with van der Waals surface area (Å²) in [5.74, 6) is 0. The molecule has 2 rings (SSSR count). The van der Waals surface area contributed by atoms with E-state index < -0.39 is 0 Å². The zero-order valence-electron chi connectivity index (χ0n) is 8.85. The van der Waals surface area contributed by atoms with Crippen LogP contribution in [0.25, 0.3) is 11.3 Å². The summed E-state index contributed by atoms with van der Waals surface area (Å²) in [6.07, 6.45) is 0. The minimum atomic E-state index is -0.345. The summed E-state index contributed by atoms with van der Waals surface area (Å²) in [6, 6.07) is 7.50. The van der Waals surface area contributed by atoms with Gasteiger partial charge >= 0.3 is 0 Å². The molecule has 0 fully saturated rings. The molecule has 0 aliphatic rings. The molecule has 1 aromatic carbocycles. The van der Waals surface area contributed by atoms with Crippen molar-refractivity contribution in [1.29, 1.82) is 0 Å². The van der Waals surface area contributed by atoms with Gasteiger partial charge in [-0.3, -0.25) is 4.79 Å². The fourth-order valence-corrected chi connectivity index (χ4v) is 2.20. The molecule has 0 atom stereocenters. The maximum absolute atomic E-state index is 11.8. The molecule has 0 radical (unpaired) electrons. The summed E-state index contributed by atoms with van der Waals surface area (Å²) < 4.78 is 0.963. The summed E-state index contributed by atoms with van der Waals surface area (Å²) >= 11 is 15.2. The van der Waals surface area contributed by atoms with E-state index in [0.717, 1.165) is 10.0 Å². The summed E-state index contributed by atoms with van der Waals surface area (Å²) in [5.41, 5.74) is 1.70. The number of nitrogens with one attached hydrogen (secondary N) is 1. The van der Waals surface area contributed by atoms with Crippen LogP contribution >= 0.6 is 39.1 Å². The van der Waals surface area contributed by atoms with Crippen LogP contribution in [-0.4, -0.2) is 4.98 Å². The van der Waals surface area contributed by atoms with Crippen LogP contribution < -0.4 is 5.43 Å². The van der Waals surface area contributed by atoms with Gasteiger partial charge in [-0.1, -0.05) is 51.3 Å². The van der Waals surface area contributed by atoms with Gasteiger partial charge in [0, 0.05) is 10.2 Å². The van der Waals surface area contributed by atoms with E-state index in [9.17, 15) is 4.79 Å². The molecule has 0 amide bonds. The number of H-pyrrole nitrogens is 1. The van der Waals surface area contributed by atoms with Gasteiger partial charge in [0.1, 0.15) is 10.0 Å². The zero-order chi connectivity index (χ0) is 12.6. The molecule has 5 heteroatoms. The van der Waals surface area contributed by atoms with Crippen molar-refractivity contribution in [2.24, 2.45) is 0 Å². The van der Waals surface area contributed by atoms with E-state index in [1.165, 1.54) is 0 Å². The number of rotatable bonds is 1. The highest BCUT2D eigenvalue weighted by Crippen LogP contribution is 2.26. The van der Waals surface area contributed by atoms with E-state index >= 15 is 0 Å². The molecule has 2 aromatic rings. The Hall–Kier alpha value is -0.770. The molecule has 0 saturated carbocycles. The largest absolute Gasteiger partial charge is 0.356 e. The highest BCUT2D eigenvalue weighted by atomic mass is 79.9. The van der Waals surface area contributed by atoms with Crippen molar-refractivity contribution in [2.45, 2.75) is 6.92 Å². The second kappa shape index (κ2) is 4.84. The van der Waals surface area contributed by atoms with E-state index in [2.05, 4.69) is 20.9 Å². The van der Waals surface area contributed by atoms with Crippen LogP contribution in [0.1, 0.15) is 5.69 Å². The fraction of sp³-hybridized carbons (Fsp3) is 0.0833. The topological polar surface area (TPSA) is 32.9 Å². The lowest BCUT2D eigenvalue weighted by molar-refractivity contribution is 1.19. The molecule has 0 saturated heterocycles. The van der Waals surface area contributed by atoms with Gasteiger partial charge in [0.2, 0.25) is 5.43 Å². The van der Waals surface area contributed by atoms with Crippen LogP contribution in [0.15, 0.2) is 33.5 Å². The van der Waals surface area contributed by atoms with Gasteiger partial charge in [0.05, 0.1) is 5.69 Å². The Balaban J connectivity index is 2.68. The molecule has 0 bridgehead atoms. The third-order valence-corrected chi connectivity index (χ3v) is 3.74. The lowest BCUT2D eigenvalue weighted by Gasteiger charge is -2.07. The van der Waals surface area contributed by atoms with E-state index in [1.807, 2.05) is 24.3 Å². The van der Waals surface area contributed by atoms with Crippen molar-refractivity contribution in [3.05, 3.63) is 54.7 Å². The number of aromatic amines is 1. The monoisotopic (exact) mass is 331 g/mol. The standard InChI is InChI=1S/C12H8BrCl2NO/c1-6-9(14)12(17)10(15)11(16-6)7-2-4-8(13)5-3-7/h2-5H,1H3,(H,16,17). The Labute approximate surface area is 117 Å². The van der Waals surface area contributed by atoms with Gasteiger partial charge in [-0.2, -0.15) is 0 Å². The molecule has 0 aliphatic heterocycles. The van der Waals surface area contributed by atoms with E-state index in [-0.39, 0.29) is 15.5 Å². The lowest BCUT2D eigenvalue weighted by Crippen LogP contribution is -2.08. The van der Waals surface area contributed by atoms with Crippen molar-refractivity contribution in [3.63, 3.8) is 0 Å². The van der Waals surface area contributed by atoms with E-state index in [0.29, 0.717) is 11.4 Å². The second-order valence-corrected chi connectivity index (χ2v) is 5.26. The Morgan fingerprint density at radius 1 is 1.12 bits per heavy atom. The Morgan fingerprint density at radius 3 is 2.29 bits per heavy atom. The molecule has 1 N–H and O–H groups in total. The first-order chi connectivity index (χ1) is 8.00. The summed E-state index contributed by atoms with van der Waals surface area (Å²) in [5, 5.41) is 0.249. The highest BCUT2D eigenvalue weighted by Gasteiger charge is 2.12. The average Bonchev–Trinajstić information content (AvgIpc) is 2.32. The number of hydrogen-bond acceptors (Lipinski definition) is 1. The zero-order valence-corrected chi connectivity index (χ0v) is 11.9. The molecule has 17 heavy (non-hydrogen) atoms. The quantitative estimate of drug-likeness (QED) is 0.823. The van der Waals surface area contributed by atoms with Crippen molar-refractivity contribution in [1.82, 2.24) is 4.98 Å². The van der Waals surface area contributed by atoms with Crippen molar-refractivity contribution in [3.8, 4) is 11.3 Å². The van der Waals surface area contributed by atoms with Gasteiger partial charge < -0.3 is 4.98 Å². The molecule has 88 valence electrons. The van der Waals surface area contributed by atoms with E-state index in [1.54, 1.807) is 6.92 Å². The number of benzene rings is 1. The maximum atomic E-state index is 11.8. The Bertz CT molecular complexity index is 620. The molecule has 1 heterocycles. The number of hydrogen-bond donors (Lipinski definition) is 1. The SMILES string of the molecule is Cc1[nH]c(-c2ccc(Br)cc2)c(Cl)c(=O)c1Cl. The van der Waals surface area contributed by atoms with Crippen molar-refractivity contribution in [2.75, 3.05) is 0 Å². The smallest absolute Gasteiger partial charge is 0.219 e. The third kappa shape index (κ3) is 2.41. The van der Waals surface area contributed by atoms with Gasteiger partial charge in [0.25, 0.3) is 0 Å². The van der Waals surface area contributed by atoms with Gasteiger partial charge in [0.15, 0.2) is 0 Å². The second-order valence-electron chi connectivity index (χ2n) is 3.59. The maximum Gasteiger partial charge on any atom is 0.219 e. The first-order valence-electron chi connectivity index (χ1n) is 4.84. The molecule has 0 aliphatic carbocycles. The minimum absolute atomic E-state index is 0.114. The van der Waals surface area contributed by atoms with Crippen LogP contribution in [-0.2, 0) is 0 Å². The number of pyridine rings is 1. The number of halogens is 3. The van der Waals surface area contributed by atoms with Crippen LogP contribution in [0.3, 0.4) is 0 Å². The molecular weight excluding hydrogens is 325 g/mol. The van der Waals surface area contributed by atoms with Crippen LogP contribution in [0.4, 0.5) is 0 Å². The first-order valence-corrected chi connectivity index (χ1v) is 6.39. The average molecular weight is 333 g/mol. The van der Waals surface area contributed by atoms with E-state index in [4.69, 9.17) is 23.2 Å². The molecular formula is C12H8BrCl2NO. The predicted octanol–water partition coefficient (Wildman–Crippen LogP) is 4.42.